The Kier molecular flexibility index (Phi) is 5.59. The van der Waals surface area contributed by atoms with Gasteiger partial charge in [-0.2, -0.15) is 0 Å². The molecule has 36 heavy (non-hydrogen) atoms. The summed E-state index contributed by atoms with van der Waals surface area (Å²) in [5.41, 5.74) is 3.12. The second kappa shape index (κ2) is 8.81. The lowest BCUT2D eigenvalue weighted by Crippen LogP contribution is -2.44. The third-order valence-electron chi connectivity index (χ3n) is 7.53. The number of H-pyrrole nitrogens is 1. The summed E-state index contributed by atoms with van der Waals surface area (Å²) in [6.07, 6.45) is 3.84. The number of fused-ring (bicyclic) bond motifs is 4. The number of hydrogen-bond donors (Lipinski definition) is 3. The molecule has 8 nitrogen and oxygen atoms in total. The van der Waals surface area contributed by atoms with Crippen molar-refractivity contribution in [3.8, 4) is 11.5 Å². The number of rotatable bonds is 8. The van der Waals surface area contributed by atoms with Crippen LogP contribution in [-0.4, -0.2) is 64.1 Å². The lowest BCUT2D eigenvalue weighted by Gasteiger charge is -2.36. The molecule has 1 aliphatic carbocycles. The summed E-state index contributed by atoms with van der Waals surface area (Å²) in [4.78, 5) is 33.5. The van der Waals surface area contributed by atoms with Crippen LogP contribution in [0.25, 0.3) is 10.9 Å². The minimum Gasteiger partial charge on any atom is -0.508 e. The van der Waals surface area contributed by atoms with E-state index < -0.39 is 17.9 Å². The Morgan fingerprint density at radius 2 is 2.06 bits per heavy atom. The minimum absolute atomic E-state index is 0.134. The van der Waals surface area contributed by atoms with Crippen molar-refractivity contribution in [3.63, 3.8) is 0 Å². The van der Waals surface area contributed by atoms with Crippen molar-refractivity contribution in [1.82, 2.24) is 20.1 Å². The highest BCUT2D eigenvalue weighted by Crippen LogP contribution is 2.43. The topological polar surface area (TPSA) is 97.9 Å². The fourth-order valence-electron chi connectivity index (χ4n) is 5.61. The number of phenolic OH excluding ortho intramolecular Hbond substituents is 1. The van der Waals surface area contributed by atoms with E-state index in [9.17, 15) is 19.1 Å². The van der Waals surface area contributed by atoms with Crippen LogP contribution in [0, 0.1) is 5.82 Å². The maximum absolute atomic E-state index is 14.5. The van der Waals surface area contributed by atoms with Gasteiger partial charge in [0.25, 0.3) is 5.91 Å². The van der Waals surface area contributed by atoms with Crippen LogP contribution >= 0.6 is 0 Å². The quantitative estimate of drug-likeness (QED) is 0.330. The standard InChI is InChI=1S/C27H29FN4O4/c1-36-24-13-18-19-12-23-26(34)31(9-3-8-29-16-6-7-16)27(35)32(23)22(11-15-4-2-5-17(33)10-15)25(19)30-21(18)14-20(24)28/h2,4-5,10,13-14,16,22-23,29-30,33H,3,6-9,11-12H2,1H3/t22?,23-/m0/s1. The van der Waals surface area contributed by atoms with Crippen molar-refractivity contribution in [2.45, 2.75) is 50.2 Å². The molecule has 1 saturated carbocycles. The second-order valence-corrected chi connectivity index (χ2v) is 9.92. The third kappa shape index (κ3) is 3.87. The molecule has 0 spiro atoms. The smallest absolute Gasteiger partial charge is 0.328 e. The first kappa shape index (κ1) is 22.8. The van der Waals surface area contributed by atoms with Gasteiger partial charge < -0.3 is 25.0 Å². The van der Waals surface area contributed by atoms with Gasteiger partial charge in [-0.3, -0.25) is 9.69 Å². The molecule has 2 aliphatic heterocycles. The van der Waals surface area contributed by atoms with Gasteiger partial charge in [0, 0.05) is 41.7 Å². The number of ether oxygens (including phenoxy) is 1. The highest BCUT2D eigenvalue weighted by atomic mass is 19.1. The second-order valence-electron chi connectivity index (χ2n) is 9.92. The molecule has 188 valence electrons. The van der Waals surface area contributed by atoms with Crippen LogP contribution in [-0.2, 0) is 17.6 Å². The monoisotopic (exact) mass is 492 g/mol. The maximum atomic E-state index is 14.5. The first-order valence-electron chi connectivity index (χ1n) is 12.5. The van der Waals surface area contributed by atoms with E-state index in [1.807, 2.05) is 6.07 Å². The SMILES string of the molecule is COc1cc2c3c([nH]c2cc1F)C(Cc1cccc(O)c1)N1C(=O)N(CCCNC2CC2)C(=O)[C@@H]1C3. The molecule has 3 heterocycles. The fourth-order valence-corrected chi connectivity index (χ4v) is 5.61. The van der Waals surface area contributed by atoms with Gasteiger partial charge in [0.15, 0.2) is 11.6 Å². The zero-order valence-electron chi connectivity index (χ0n) is 20.1. The number of carbonyl (C=O) groups is 2. The van der Waals surface area contributed by atoms with E-state index in [-0.39, 0.29) is 23.4 Å². The summed E-state index contributed by atoms with van der Waals surface area (Å²) in [6, 6.07) is 9.15. The number of methoxy groups -OCH3 is 1. The highest BCUT2D eigenvalue weighted by Gasteiger charge is 2.51. The number of carbonyl (C=O) groups excluding carboxylic acids is 2. The largest absolute Gasteiger partial charge is 0.508 e. The molecule has 2 atom stereocenters. The number of nitrogens with one attached hydrogen (secondary N) is 2. The summed E-state index contributed by atoms with van der Waals surface area (Å²) in [5.74, 6) is -0.403. The lowest BCUT2D eigenvalue weighted by atomic mass is 9.89. The molecule has 2 aromatic carbocycles. The number of phenols is 1. The highest BCUT2D eigenvalue weighted by molar-refractivity contribution is 6.05. The molecule has 3 N–H and O–H groups in total. The fraction of sp³-hybridized carbons (Fsp3) is 0.407. The summed E-state index contributed by atoms with van der Waals surface area (Å²) >= 11 is 0. The van der Waals surface area contributed by atoms with Crippen LogP contribution in [0.5, 0.6) is 11.5 Å². The third-order valence-corrected chi connectivity index (χ3v) is 7.53. The van der Waals surface area contributed by atoms with Crippen LogP contribution in [0.2, 0.25) is 0 Å². The number of imide groups is 1. The maximum Gasteiger partial charge on any atom is 0.328 e. The van der Waals surface area contributed by atoms with Gasteiger partial charge in [0.1, 0.15) is 11.8 Å². The number of amides is 3. The Hall–Kier alpha value is -3.59. The molecule has 1 unspecified atom stereocenters. The molecule has 6 rings (SSSR count). The van der Waals surface area contributed by atoms with Crippen molar-refractivity contribution < 1.29 is 23.8 Å². The number of urea groups is 1. The molecule has 3 aromatic rings. The van der Waals surface area contributed by atoms with Crippen molar-refractivity contribution in [2.75, 3.05) is 20.2 Å². The molecular formula is C27H29FN4O4. The number of aromatic amines is 1. The van der Waals surface area contributed by atoms with E-state index in [0.717, 1.165) is 28.8 Å². The van der Waals surface area contributed by atoms with E-state index in [1.54, 1.807) is 29.2 Å². The summed E-state index contributed by atoms with van der Waals surface area (Å²) < 4.78 is 19.7. The summed E-state index contributed by atoms with van der Waals surface area (Å²) in [6.45, 7) is 1.14. The van der Waals surface area contributed by atoms with Crippen LogP contribution in [0.3, 0.4) is 0 Å². The Morgan fingerprint density at radius 3 is 2.81 bits per heavy atom. The molecule has 0 bridgehead atoms. The zero-order valence-corrected chi connectivity index (χ0v) is 20.1. The molecule has 9 heteroatoms. The van der Waals surface area contributed by atoms with Crippen molar-refractivity contribution >= 4 is 22.8 Å². The van der Waals surface area contributed by atoms with E-state index in [1.165, 1.54) is 30.9 Å². The van der Waals surface area contributed by atoms with E-state index >= 15 is 0 Å². The molecule has 1 aromatic heterocycles. The van der Waals surface area contributed by atoms with Crippen molar-refractivity contribution in [3.05, 3.63) is 59.0 Å². The number of aromatic nitrogens is 1. The molecule has 1 saturated heterocycles. The average Bonchev–Trinajstić information content (AvgIpc) is 3.57. The van der Waals surface area contributed by atoms with Crippen molar-refractivity contribution in [1.29, 1.82) is 0 Å². The van der Waals surface area contributed by atoms with Crippen LogP contribution in [0.1, 0.15) is 42.1 Å². The van der Waals surface area contributed by atoms with Crippen LogP contribution in [0.4, 0.5) is 9.18 Å². The Labute approximate surface area is 208 Å². The Balaban J connectivity index is 1.37. The van der Waals surface area contributed by atoms with Gasteiger partial charge >= 0.3 is 6.03 Å². The van der Waals surface area contributed by atoms with Crippen LogP contribution < -0.4 is 10.1 Å². The van der Waals surface area contributed by atoms with E-state index in [4.69, 9.17) is 4.74 Å². The molecule has 0 radical (unpaired) electrons. The molecule has 3 aliphatic rings. The number of hydrogen-bond acceptors (Lipinski definition) is 5. The number of nitrogens with zero attached hydrogens (tertiary/aromatic N) is 2. The normalized spacial score (nSPS) is 21.3. The number of halogens is 1. The van der Waals surface area contributed by atoms with Gasteiger partial charge in [0.05, 0.1) is 13.2 Å². The van der Waals surface area contributed by atoms with E-state index in [0.29, 0.717) is 37.4 Å². The number of benzene rings is 2. The van der Waals surface area contributed by atoms with Gasteiger partial charge in [0.2, 0.25) is 0 Å². The Bertz CT molecular complexity index is 1350. The van der Waals surface area contributed by atoms with Gasteiger partial charge in [-0.15, -0.1) is 0 Å². The van der Waals surface area contributed by atoms with E-state index in [2.05, 4.69) is 10.3 Å². The first-order valence-corrected chi connectivity index (χ1v) is 12.5. The average molecular weight is 493 g/mol. The number of aromatic hydroxyl groups is 1. The minimum atomic E-state index is -0.626. The molecule has 2 fully saturated rings. The summed E-state index contributed by atoms with van der Waals surface area (Å²) in [5, 5.41) is 14.2. The van der Waals surface area contributed by atoms with Gasteiger partial charge in [-0.25, -0.2) is 9.18 Å². The van der Waals surface area contributed by atoms with Gasteiger partial charge in [-0.05, 0) is 61.6 Å². The first-order chi connectivity index (χ1) is 17.4. The Morgan fingerprint density at radius 1 is 1.22 bits per heavy atom. The zero-order chi connectivity index (χ0) is 25.0. The lowest BCUT2D eigenvalue weighted by molar-refractivity contribution is -0.128. The van der Waals surface area contributed by atoms with Crippen molar-refractivity contribution in [2.24, 2.45) is 0 Å². The van der Waals surface area contributed by atoms with Crippen LogP contribution in [0.15, 0.2) is 36.4 Å². The molecule has 3 amide bonds. The van der Waals surface area contributed by atoms with Gasteiger partial charge in [-0.1, -0.05) is 12.1 Å². The predicted molar refractivity (Wildman–Crippen MR) is 131 cm³/mol. The summed E-state index contributed by atoms with van der Waals surface area (Å²) in [7, 11) is 1.42. The molecular weight excluding hydrogens is 463 g/mol. The predicted octanol–water partition coefficient (Wildman–Crippen LogP) is 3.64.